The summed E-state index contributed by atoms with van der Waals surface area (Å²) in [5.74, 6) is 0.917. The van der Waals surface area contributed by atoms with Gasteiger partial charge >= 0.3 is 5.97 Å². The lowest BCUT2D eigenvalue weighted by molar-refractivity contribution is -0.149. The van der Waals surface area contributed by atoms with E-state index in [1.807, 2.05) is 18.2 Å². The van der Waals surface area contributed by atoms with Crippen LogP contribution in [-0.4, -0.2) is 31.8 Å². The summed E-state index contributed by atoms with van der Waals surface area (Å²) in [6, 6.07) is 5.81. The van der Waals surface area contributed by atoms with E-state index in [-0.39, 0.29) is 0 Å². The summed E-state index contributed by atoms with van der Waals surface area (Å²) in [6.45, 7) is 6.11. The first kappa shape index (κ1) is 17.3. The van der Waals surface area contributed by atoms with E-state index in [0.717, 1.165) is 6.42 Å². The highest BCUT2D eigenvalue weighted by Crippen LogP contribution is 2.28. The Hall–Kier alpha value is -1.75. The zero-order valence-corrected chi connectivity index (χ0v) is 13.3. The molecular weight excluding hydrogens is 270 g/mol. The first-order valence-electron chi connectivity index (χ1n) is 7.20. The molecule has 0 radical (unpaired) electrons. The molecule has 1 aromatic carbocycles. The van der Waals surface area contributed by atoms with E-state index in [4.69, 9.17) is 19.9 Å². The highest BCUT2D eigenvalue weighted by molar-refractivity contribution is 5.79. The quantitative estimate of drug-likeness (QED) is 0.745. The van der Waals surface area contributed by atoms with Crippen molar-refractivity contribution in [2.45, 2.75) is 39.2 Å². The first-order valence-corrected chi connectivity index (χ1v) is 7.20. The van der Waals surface area contributed by atoms with Gasteiger partial charge < -0.3 is 19.9 Å². The molecule has 0 aromatic heterocycles. The van der Waals surface area contributed by atoms with E-state index in [1.54, 1.807) is 21.0 Å². The number of esters is 1. The van der Waals surface area contributed by atoms with Crippen LogP contribution in [-0.2, 0) is 16.0 Å². The second-order valence-corrected chi connectivity index (χ2v) is 5.08. The summed E-state index contributed by atoms with van der Waals surface area (Å²) in [4.78, 5) is 11.7. The molecule has 0 amide bonds. The van der Waals surface area contributed by atoms with Crippen LogP contribution < -0.4 is 15.2 Å². The third-order valence-corrected chi connectivity index (χ3v) is 3.26. The lowest BCUT2D eigenvalue weighted by atomic mass is 10.0. The third kappa shape index (κ3) is 4.93. The number of nitrogens with two attached hydrogens (primary N) is 1. The monoisotopic (exact) mass is 295 g/mol. The molecule has 1 atom stereocenters. The molecule has 5 nitrogen and oxygen atoms in total. The minimum Gasteiger partial charge on any atom is -0.493 e. The number of carbonyl (C=O) groups is 1. The SMILES string of the molecule is CCOC(=O)C(C)(N)CCOc1ccc(CC)cc1OC. The van der Waals surface area contributed by atoms with Gasteiger partial charge in [-0.05, 0) is 38.0 Å². The number of hydrogen-bond acceptors (Lipinski definition) is 5. The van der Waals surface area contributed by atoms with Crippen molar-refractivity contribution in [3.05, 3.63) is 23.8 Å². The summed E-state index contributed by atoms with van der Waals surface area (Å²) < 4.78 is 15.9. The van der Waals surface area contributed by atoms with Crippen molar-refractivity contribution < 1.29 is 19.0 Å². The summed E-state index contributed by atoms with van der Waals surface area (Å²) in [7, 11) is 1.60. The Kier molecular flexibility index (Phi) is 6.49. The Bertz CT molecular complexity index is 471. The highest BCUT2D eigenvalue weighted by Gasteiger charge is 2.29. The van der Waals surface area contributed by atoms with Crippen molar-refractivity contribution in [1.29, 1.82) is 0 Å². The fraction of sp³-hybridized carbons (Fsp3) is 0.562. The van der Waals surface area contributed by atoms with Crippen LogP contribution in [0.5, 0.6) is 11.5 Å². The van der Waals surface area contributed by atoms with Gasteiger partial charge in [0.25, 0.3) is 0 Å². The van der Waals surface area contributed by atoms with Crippen molar-refractivity contribution in [3.63, 3.8) is 0 Å². The van der Waals surface area contributed by atoms with Gasteiger partial charge in [-0.25, -0.2) is 0 Å². The van der Waals surface area contributed by atoms with Gasteiger partial charge in [0.05, 0.1) is 20.3 Å². The maximum atomic E-state index is 11.7. The van der Waals surface area contributed by atoms with Gasteiger partial charge in [-0.15, -0.1) is 0 Å². The van der Waals surface area contributed by atoms with Gasteiger partial charge in [-0.2, -0.15) is 0 Å². The summed E-state index contributed by atoms with van der Waals surface area (Å²) in [6.07, 6.45) is 1.30. The number of carbonyl (C=O) groups excluding carboxylic acids is 1. The van der Waals surface area contributed by atoms with E-state index >= 15 is 0 Å². The number of ether oxygens (including phenoxy) is 3. The van der Waals surface area contributed by atoms with Crippen molar-refractivity contribution in [2.75, 3.05) is 20.3 Å². The molecule has 0 fully saturated rings. The van der Waals surface area contributed by atoms with Crippen molar-refractivity contribution in [3.8, 4) is 11.5 Å². The highest BCUT2D eigenvalue weighted by atomic mass is 16.5. The fourth-order valence-electron chi connectivity index (χ4n) is 1.82. The van der Waals surface area contributed by atoms with E-state index in [1.165, 1.54) is 5.56 Å². The number of hydrogen-bond donors (Lipinski definition) is 1. The molecule has 0 bridgehead atoms. The second kappa shape index (κ2) is 7.88. The van der Waals surface area contributed by atoms with Crippen molar-refractivity contribution in [2.24, 2.45) is 5.73 Å². The molecule has 0 aliphatic rings. The average Bonchev–Trinajstić information content (AvgIpc) is 2.47. The Morgan fingerprint density at radius 1 is 1.29 bits per heavy atom. The second-order valence-electron chi connectivity index (χ2n) is 5.08. The van der Waals surface area contributed by atoms with Gasteiger partial charge in [-0.3, -0.25) is 4.79 Å². The van der Waals surface area contributed by atoms with Crippen LogP contribution in [0.2, 0.25) is 0 Å². The molecule has 0 aliphatic carbocycles. The lowest BCUT2D eigenvalue weighted by Crippen LogP contribution is -2.47. The molecule has 1 aromatic rings. The Morgan fingerprint density at radius 2 is 2.00 bits per heavy atom. The lowest BCUT2D eigenvalue weighted by Gasteiger charge is -2.22. The van der Waals surface area contributed by atoms with Gasteiger partial charge in [0.15, 0.2) is 11.5 Å². The Labute approximate surface area is 126 Å². The minimum atomic E-state index is -1.05. The van der Waals surface area contributed by atoms with Gasteiger partial charge in [0.1, 0.15) is 5.54 Å². The molecule has 5 heteroatoms. The molecule has 1 rings (SSSR count). The van der Waals surface area contributed by atoms with Crippen LogP contribution in [0, 0.1) is 0 Å². The molecule has 21 heavy (non-hydrogen) atoms. The number of benzene rings is 1. The van der Waals surface area contributed by atoms with Crippen LogP contribution in [0.1, 0.15) is 32.8 Å². The molecule has 0 saturated heterocycles. The molecule has 0 spiro atoms. The summed E-state index contributed by atoms with van der Waals surface area (Å²) in [5.41, 5.74) is 6.07. The van der Waals surface area contributed by atoms with Crippen LogP contribution in [0.4, 0.5) is 0 Å². The maximum absolute atomic E-state index is 11.7. The van der Waals surface area contributed by atoms with E-state index in [0.29, 0.717) is 31.1 Å². The normalized spacial score (nSPS) is 13.4. The van der Waals surface area contributed by atoms with Crippen molar-refractivity contribution in [1.82, 2.24) is 0 Å². The standard InChI is InChI=1S/C16H25NO4/c1-5-12-7-8-13(14(11-12)19-4)21-10-9-16(3,17)15(18)20-6-2/h7-8,11H,5-6,9-10,17H2,1-4H3. The topological polar surface area (TPSA) is 70.8 Å². The zero-order chi connectivity index (χ0) is 15.9. The molecule has 118 valence electrons. The minimum absolute atomic E-state index is 0.313. The molecule has 1 unspecified atom stereocenters. The van der Waals surface area contributed by atoms with Gasteiger partial charge in [0, 0.05) is 6.42 Å². The first-order chi connectivity index (χ1) is 9.94. The number of rotatable bonds is 8. The molecule has 2 N–H and O–H groups in total. The van der Waals surface area contributed by atoms with Crippen LogP contribution >= 0.6 is 0 Å². The Balaban J connectivity index is 2.61. The fourth-order valence-corrected chi connectivity index (χ4v) is 1.82. The molecule has 0 heterocycles. The van der Waals surface area contributed by atoms with Crippen molar-refractivity contribution >= 4 is 5.97 Å². The molecule has 0 saturated carbocycles. The largest absolute Gasteiger partial charge is 0.493 e. The predicted molar refractivity (Wildman–Crippen MR) is 81.7 cm³/mol. The molecule has 0 aliphatic heterocycles. The number of methoxy groups -OCH3 is 1. The van der Waals surface area contributed by atoms with E-state index in [2.05, 4.69) is 6.92 Å². The summed E-state index contributed by atoms with van der Waals surface area (Å²) in [5, 5.41) is 0. The van der Waals surface area contributed by atoms with Crippen LogP contribution in [0.3, 0.4) is 0 Å². The maximum Gasteiger partial charge on any atom is 0.325 e. The van der Waals surface area contributed by atoms with Crippen LogP contribution in [0.25, 0.3) is 0 Å². The zero-order valence-electron chi connectivity index (χ0n) is 13.3. The van der Waals surface area contributed by atoms with Gasteiger partial charge in [-0.1, -0.05) is 13.0 Å². The van der Waals surface area contributed by atoms with Crippen LogP contribution in [0.15, 0.2) is 18.2 Å². The third-order valence-electron chi connectivity index (χ3n) is 3.26. The van der Waals surface area contributed by atoms with E-state index in [9.17, 15) is 4.79 Å². The predicted octanol–water partition coefficient (Wildman–Crippen LogP) is 2.31. The Morgan fingerprint density at radius 3 is 2.57 bits per heavy atom. The molecular formula is C16H25NO4. The number of aryl methyl sites for hydroxylation is 1. The van der Waals surface area contributed by atoms with E-state index < -0.39 is 11.5 Å². The summed E-state index contributed by atoms with van der Waals surface area (Å²) >= 11 is 0. The smallest absolute Gasteiger partial charge is 0.325 e. The van der Waals surface area contributed by atoms with Gasteiger partial charge in [0.2, 0.25) is 0 Å². The average molecular weight is 295 g/mol.